The van der Waals surface area contributed by atoms with E-state index in [0.29, 0.717) is 17.1 Å². The molecule has 0 fully saturated rings. The van der Waals surface area contributed by atoms with Gasteiger partial charge in [0.05, 0.1) is 11.0 Å². The van der Waals surface area contributed by atoms with Gasteiger partial charge in [0, 0.05) is 40.1 Å². The zero-order valence-corrected chi connectivity index (χ0v) is 22.4. The predicted octanol–water partition coefficient (Wildman–Crippen LogP) is 8.65. The molecule has 3 aromatic carbocycles. The number of aromatic nitrogens is 3. The number of nitrogens with zero attached hydrogens (tertiary/aromatic N) is 3. The number of benzene rings is 3. The number of hydrogen-bond donors (Lipinski definition) is 1. The Bertz CT molecular complexity index is 1810. The fourth-order valence-electron chi connectivity index (χ4n) is 5.29. The Balaban J connectivity index is 1.55. The molecule has 38 heavy (non-hydrogen) atoms. The van der Waals surface area contributed by atoms with E-state index in [-0.39, 0.29) is 17.1 Å². The Morgan fingerprint density at radius 2 is 1.63 bits per heavy atom. The van der Waals surface area contributed by atoms with E-state index in [1.165, 1.54) is 16.3 Å². The summed E-state index contributed by atoms with van der Waals surface area (Å²) in [6.07, 6.45) is 1.82. The van der Waals surface area contributed by atoms with Crippen LogP contribution in [-0.4, -0.2) is 19.6 Å². The minimum absolute atomic E-state index is 0.201. The topological polar surface area (TPSA) is 60.2 Å². The first-order chi connectivity index (χ1) is 18.2. The Hall–Kier alpha value is -4.38. The van der Waals surface area contributed by atoms with E-state index in [4.69, 9.17) is 9.72 Å². The highest BCUT2D eigenvalue weighted by Crippen LogP contribution is 2.41. The van der Waals surface area contributed by atoms with Crippen LogP contribution in [0.3, 0.4) is 0 Å². The van der Waals surface area contributed by atoms with Crippen molar-refractivity contribution >= 4 is 32.7 Å². The molecule has 0 amide bonds. The lowest BCUT2D eigenvalue weighted by Gasteiger charge is -2.21. The third kappa shape index (κ3) is 3.95. The van der Waals surface area contributed by atoms with Gasteiger partial charge < -0.3 is 9.84 Å². The van der Waals surface area contributed by atoms with Gasteiger partial charge in [-0.2, -0.15) is 0 Å². The van der Waals surface area contributed by atoms with Crippen LogP contribution in [-0.2, 0) is 5.41 Å². The second kappa shape index (κ2) is 8.88. The standard InChI is InChI=1S/C33H31N3O2/c1-20(2)24-18-22(38-29-16-14-21-13-15-25(33(3,4)5)32(37)31(21)35-29)19-27-30(24)23-10-6-7-11-26(23)36(27)28-12-8-9-17-34-28/h6-20,37H,1-5H3. The van der Waals surface area contributed by atoms with Gasteiger partial charge in [0.25, 0.3) is 0 Å². The molecule has 0 unspecified atom stereocenters. The number of phenolic OH excluding ortho intramolecular Hbond substituents is 1. The van der Waals surface area contributed by atoms with Gasteiger partial charge in [-0.3, -0.25) is 4.57 Å². The molecule has 0 spiro atoms. The second-order valence-electron chi connectivity index (χ2n) is 11.1. The first kappa shape index (κ1) is 24.0. The third-order valence-corrected chi connectivity index (χ3v) is 7.12. The molecule has 6 aromatic rings. The van der Waals surface area contributed by atoms with Crippen LogP contribution in [0.25, 0.3) is 38.5 Å². The number of fused-ring (bicyclic) bond motifs is 4. The van der Waals surface area contributed by atoms with Gasteiger partial charge in [0.1, 0.15) is 22.8 Å². The fraction of sp³-hybridized carbons (Fsp3) is 0.212. The molecule has 0 saturated carbocycles. The monoisotopic (exact) mass is 501 g/mol. The maximum absolute atomic E-state index is 11.0. The smallest absolute Gasteiger partial charge is 0.219 e. The summed E-state index contributed by atoms with van der Waals surface area (Å²) in [7, 11) is 0. The van der Waals surface area contributed by atoms with Gasteiger partial charge in [-0.05, 0) is 47.2 Å². The zero-order valence-electron chi connectivity index (χ0n) is 22.4. The summed E-state index contributed by atoms with van der Waals surface area (Å²) in [5, 5.41) is 14.3. The second-order valence-corrected chi connectivity index (χ2v) is 11.1. The molecular weight excluding hydrogens is 470 g/mol. The van der Waals surface area contributed by atoms with Gasteiger partial charge in [0.15, 0.2) is 0 Å². The average Bonchev–Trinajstić information content (AvgIpc) is 3.22. The summed E-state index contributed by atoms with van der Waals surface area (Å²) in [6.45, 7) is 10.6. The van der Waals surface area contributed by atoms with Crippen LogP contribution in [0.4, 0.5) is 0 Å². The van der Waals surface area contributed by atoms with Gasteiger partial charge in [-0.25, -0.2) is 9.97 Å². The molecule has 3 heterocycles. The van der Waals surface area contributed by atoms with Crippen molar-refractivity contribution in [2.75, 3.05) is 0 Å². The quantitative estimate of drug-likeness (QED) is 0.263. The van der Waals surface area contributed by atoms with Crippen LogP contribution < -0.4 is 4.74 Å². The lowest BCUT2D eigenvalue weighted by molar-refractivity contribution is 0.446. The van der Waals surface area contributed by atoms with E-state index in [0.717, 1.165) is 27.8 Å². The van der Waals surface area contributed by atoms with Crippen molar-refractivity contribution in [3.8, 4) is 23.2 Å². The van der Waals surface area contributed by atoms with Crippen molar-refractivity contribution in [2.24, 2.45) is 0 Å². The highest BCUT2D eigenvalue weighted by atomic mass is 16.5. The number of phenols is 1. The predicted molar refractivity (Wildman–Crippen MR) is 155 cm³/mol. The summed E-state index contributed by atoms with van der Waals surface area (Å²) in [5.74, 6) is 2.46. The molecule has 6 rings (SSSR count). The highest BCUT2D eigenvalue weighted by Gasteiger charge is 2.22. The normalized spacial score (nSPS) is 12.2. The first-order valence-electron chi connectivity index (χ1n) is 13.0. The molecule has 0 saturated heterocycles. The summed E-state index contributed by atoms with van der Waals surface area (Å²) in [6, 6.07) is 26.3. The van der Waals surface area contributed by atoms with Crippen LogP contribution in [0.2, 0.25) is 0 Å². The molecule has 0 aliphatic heterocycles. The van der Waals surface area contributed by atoms with E-state index in [9.17, 15) is 5.11 Å². The van der Waals surface area contributed by atoms with E-state index in [2.05, 4.69) is 80.6 Å². The highest BCUT2D eigenvalue weighted by molar-refractivity contribution is 6.11. The number of ether oxygens (including phenoxy) is 1. The molecule has 5 nitrogen and oxygen atoms in total. The van der Waals surface area contributed by atoms with Crippen LogP contribution >= 0.6 is 0 Å². The Morgan fingerprint density at radius 1 is 0.868 bits per heavy atom. The molecule has 0 atom stereocenters. The summed E-state index contributed by atoms with van der Waals surface area (Å²) >= 11 is 0. The molecule has 0 radical (unpaired) electrons. The van der Waals surface area contributed by atoms with Crippen LogP contribution in [0, 0.1) is 0 Å². The van der Waals surface area contributed by atoms with E-state index in [1.54, 1.807) is 0 Å². The SMILES string of the molecule is CC(C)c1cc(Oc2ccc3ccc(C(C)(C)C)c(O)c3n2)cc2c1c1ccccc1n2-c1ccccn1. The van der Waals surface area contributed by atoms with Crippen molar-refractivity contribution in [3.05, 3.63) is 96.2 Å². The number of hydrogen-bond acceptors (Lipinski definition) is 4. The summed E-state index contributed by atoms with van der Waals surface area (Å²) in [4.78, 5) is 9.39. The minimum atomic E-state index is -0.201. The summed E-state index contributed by atoms with van der Waals surface area (Å²) in [5.41, 5.74) is 4.53. The van der Waals surface area contributed by atoms with Crippen molar-refractivity contribution in [3.63, 3.8) is 0 Å². The van der Waals surface area contributed by atoms with Crippen molar-refractivity contribution in [1.29, 1.82) is 0 Å². The maximum atomic E-state index is 11.0. The van der Waals surface area contributed by atoms with Crippen molar-refractivity contribution < 1.29 is 9.84 Å². The largest absolute Gasteiger partial charge is 0.505 e. The first-order valence-corrected chi connectivity index (χ1v) is 13.0. The molecule has 0 aliphatic carbocycles. The fourth-order valence-corrected chi connectivity index (χ4v) is 5.29. The van der Waals surface area contributed by atoms with Gasteiger partial charge in [-0.15, -0.1) is 0 Å². The number of pyridine rings is 2. The number of rotatable bonds is 4. The maximum Gasteiger partial charge on any atom is 0.219 e. The Labute approximate surface area is 222 Å². The summed E-state index contributed by atoms with van der Waals surface area (Å²) < 4.78 is 8.59. The number of para-hydroxylation sites is 1. The van der Waals surface area contributed by atoms with E-state index in [1.807, 2.05) is 48.7 Å². The molecule has 1 N–H and O–H groups in total. The van der Waals surface area contributed by atoms with Crippen LogP contribution in [0.15, 0.2) is 85.1 Å². The Morgan fingerprint density at radius 3 is 2.37 bits per heavy atom. The van der Waals surface area contributed by atoms with Crippen molar-refractivity contribution in [1.82, 2.24) is 14.5 Å². The molecule has 3 aromatic heterocycles. The average molecular weight is 502 g/mol. The van der Waals surface area contributed by atoms with Crippen LogP contribution in [0.1, 0.15) is 51.7 Å². The molecule has 0 bridgehead atoms. The van der Waals surface area contributed by atoms with Gasteiger partial charge in [0.2, 0.25) is 5.88 Å². The Kier molecular flexibility index (Phi) is 5.60. The minimum Gasteiger partial charge on any atom is -0.505 e. The van der Waals surface area contributed by atoms with Gasteiger partial charge >= 0.3 is 0 Å². The zero-order chi connectivity index (χ0) is 26.6. The lowest BCUT2D eigenvalue weighted by Crippen LogP contribution is -2.11. The molecule has 5 heteroatoms. The molecular formula is C33H31N3O2. The van der Waals surface area contributed by atoms with Crippen molar-refractivity contribution in [2.45, 2.75) is 46.0 Å². The molecule has 190 valence electrons. The van der Waals surface area contributed by atoms with Gasteiger partial charge in [-0.1, -0.05) is 71.0 Å². The van der Waals surface area contributed by atoms with E-state index >= 15 is 0 Å². The van der Waals surface area contributed by atoms with Crippen LogP contribution in [0.5, 0.6) is 17.4 Å². The molecule has 0 aliphatic rings. The third-order valence-electron chi connectivity index (χ3n) is 7.12. The van der Waals surface area contributed by atoms with E-state index < -0.39 is 0 Å². The number of aromatic hydroxyl groups is 1. The lowest BCUT2D eigenvalue weighted by atomic mass is 9.85.